The van der Waals surface area contributed by atoms with Gasteiger partial charge in [0.15, 0.2) is 5.82 Å². The Morgan fingerprint density at radius 2 is 1.92 bits per heavy atom. The Bertz CT molecular complexity index is 1210. The maximum Gasteiger partial charge on any atom is 0.246 e. The molecule has 36 heavy (non-hydrogen) atoms. The molecule has 0 spiro atoms. The Hall–Kier alpha value is -2.81. The topological polar surface area (TPSA) is 124 Å². The molecule has 1 aliphatic rings. The van der Waals surface area contributed by atoms with E-state index >= 15 is 0 Å². The van der Waals surface area contributed by atoms with Crippen molar-refractivity contribution in [2.45, 2.75) is 58.8 Å². The number of ether oxygens (including phenoxy) is 1. The number of quaternary nitrogens is 1. The molecule has 0 aromatic carbocycles. The molecule has 3 rings (SSSR count). The molecule has 10 heteroatoms. The number of fused-ring (bicyclic) bond motifs is 1. The summed E-state index contributed by atoms with van der Waals surface area (Å²) in [5, 5.41) is 39.9. The molecular weight excluding hydrogens is 474 g/mol. The van der Waals surface area contributed by atoms with Crippen molar-refractivity contribution in [3.8, 4) is 11.8 Å². The molecular formula is C26H38N5O4Si+. The van der Waals surface area contributed by atoms with Crippen LogP contribution < -0.4 is 4.48 Å². The smallest absolute Gasteiger partial charge is 0.246 e. The highest BCUT2D eigenvalue weighted by molar-refractivity contribution is 6.76. The zero-order valence-electron chi connectivity index (χ0n) is 22.1. The molecule has 0 radical (unpaired) electrons. The maximum absolute atomic E-state index is 11.4. The van der Waals surface area contributed by atoms with Crippen LogP contribution in [-0.4, -0.2) is 75.7 Å². The SMILES string of the molecule is CC[N+]1(CC)C(=N)C(c2nccn2COCC[Si](C)(C)C)=C(O)c2ccc(C#C[C@](C)(O)CO)nc21. The zero-order valence-corrected chi connectivity index (χ0v) is 23.1. The first-order valence-corrected chi connectivity index (χ1v) is 16.0. The highest BCUT2D eigenvalue weighted by Gasteiger charge is 2.46. The monoisotopic (exact) mass is 512 g/mol. The Morgan fingerprint density at radius 3 is 2.53 bits per heavy atom. The first kappa shape index (κ1) is 27.8. The van der Waals surface area contributed by atoms with Crippen LogP contribution in [0.25, 0.3) is 11.3 Å². The number of nitrogens with zero attached hydrogens (tertiary/aromatic N) is 4. The summed E-state index contributed by atoms with van der Waals surface area (Å²) in [6.45, 7) is 13.8. The standard InChI is InChI=1S/C26H37N5O4Si/c1-7-31(8-2)23(27)21(24-28-13-14-30(24)18-35-15-16-36(4,5)6)22(33)20-10-9-19(29-25(20)31)11-12-26(3,34)17-32/h9-10,13-14,32,34H,7-8,15-18H2,1-6H3,(H-,27,28,33)/p+1/t26-/m0/s1. The summed E-state index contributed by atoms with van der Waals surface area (Å²) in [5.74, 6) is 6.56. The summed E-state index contributed by atoms with van der Waals surface area (Å²) in [6, 6.07) is 4.44. The number of rotatable bonds is 9. The Labute approximate surface area is 214 Å². The van der Waals surface area contributed by atoms with Crippen molar-refractivity contribution in [2.24, 2.45) is 0 Å². The first-order chi connectivity index (χ1) is 16.9. The van der Waals surface area contributed by atoms with E-state index in [1.165, 1.54) is 6.92 Å². The number of hydrogen-bond donors (Lipinski definition) is 4. The second-order valence-corrected chi connectivity index (χ2v) is 16.1. The van der Waals surface area contributed by atoms with Crippen molar-refractivity contribution in [1.82, 2.24) is 19.0 Å². The fraction of sp³-hybridized carbons (Fsp3) is 0.500. The molecule has 0 aliphatic carbocycles. The largest absolute Gasteiger partial charge is 0.506 e. The fourth-order valence-electron chi connectivity index (χ4n) is 4.07. The third kappa shape index (κ3) is 5.61. The molecule has 1 atom stereocenters. The predicted molar refractivity (Wildman–Crippen MR) is 145 cm³/mol. The summed E-state index contributed by atoms with van der Waals surface area (Å²) in [5.41, 5.74) is -0.296. The lowest BCUT2D eigenvalue weighted by Crippen LogP contribution is -2.56. The van der Waals surface area contributed by atoms with Gasteiger partial charge in [0.25, 0.3) is 0 Å². The van der Waals surface area contributed by atoms with Crippen LogP contribution in [0.3, 0.4) is 0 Å². The minimum absolute atomic E-state index is 0.0606. The quantitative estimate of drug-likeness (QED) is 0.177. The molecule has 2 aromatic rings. The maximum atomic E-state index is 11.4. The average Bonchev–Trinajstić information content (AvgIpc) is 3.29. The average molecular weight is 513 g/mol. The van der Waals surface area contributed by atoms with Crippen molar-refractivity contribution in [3.63, 3.8) is 0 Å². The fourth-order valence-corrected chi connectivity index (χ4v) is 4.82. The van der Waals surface area contributed by atoms with Crippen LogP contribution in [0.15, 0.2) is 24.5 Å². The normalized spacial score (nSPS) is 16.8. The number of imidazole rings is 1. The number of amidine groups is 1. The molecule has 0 bridgehead atoms. The molecule has 1 aliphatic heterocycles. The Balaban J connectivity index is 2.06. The third-order valence-electron chi connectivity index (χ3n) is 6.45. The third-order valence-corrected chi connectivity index (χ3v) is 8.15. The van der Waals surface area contributed by atoms with Gasteiger partial charge in [-0.2, -0.15) is 4.98 Å². The Morgan fingerprint density at radius 1 is 1.22 bits per heavy atom. The minimum Gasteiger partial charge on any atom is -0.506 e. The van der Waals surface area contributed by atoms with E-state index in [9.17, 15) is 20.7 Å². The van der Waals surface area contributed by atoms with Crippen LogP contribution in [0.1, 0.15) is 37.9 Å². The van der Waals surface area contributed by atoms with Gasteiger partial charge in [0.05, 0.1) is 25.3 Å². The van der Waals surface area contributed by atoms with Crippen molar-refractivity contribution < 1.29 is 20.1 Å². The van der Waals surface area contributed by atoms with Crippen molar-refractivity contribution in [3.05, 3.63) is 41.6 Å². The summed E-state index contributed by atoms with van der Waals surface area (Å²) in [6.07, 6.45) is 3.44. The van der Waals surface area contributed by atoms with E-state index in [1.54, 1.807) is 24.5 Å². The van der Waals surface area contributed by atoms with Gasteiger partial charge in [-0.1, -0.05) is 25.6 Å². The summed E-state index contributed by atoms with van der Waals surface area (Å²) < 4.78 is 7.84. The second kappa shape index (κ2) is 10.7. The van der Waals surface area contributed by atoms with Gasteiger partial charge in [0.2, 0.25) is 11.7 Å². The second-order valence-electron chi connectivity index (χ2n) is 10.5. The first-order valence-electron chi connectivity index (χ1n) is 12.3. The summed E-state index contributed by atoms with van der Waals surface area (Å²) in [7, 11) is -1.22. The number of aliphatic hydroxyl groups excluding tert-OH is 2. The highest BCUT2D eigenvalue weighted by Crippen LogP contribution is 2.41. The van der Waals surface area contributed by atoms with Gasteiger partial charge in [-0.15, -0.1) is 0 Å². The van der Waals surface area contributed by atoms with E-state index in [0.717, 1.165) is 6.04 Å². The van der Waals surface area contributed by atoms with E-state index in [4.69, 9.17) is 9.72 Å². The molecule has 0 saturated heterocycles. The predicted octanol–water partition coefficient (Wildman–Crippen LogP) is 3.45. The van der Waals surface area contributed by atoms with Crippen molar-refractivity contribution in [1.29, 1.82) is 5.41 Å². The van der Waals surface area contributed by atoms with Gasteiger partial charge in [-0.25, -0.2) is 14.9 Å². The number of aromatic nitrogens is 3. The van der Waals surface area contributed by atoms with E-state index in [-0.39, 0.29) is 22.8 Å². The molecule has 2 aromatic heterocycles. The van der Waals surface area contributed by atoms with E-state index in [1.807, 2.05) is 18.4 Å². The van der Waals surface area contributed by atoms with Gasteiger partial charge in [-0.3, -0.25) is 0 Å². The molecule has 0 fully saturated rings. The van der Waals surface area contributed by atoms with E-state index in [2.05, 4.69) is 36.5 Å². The van der Waals surface area contributed by atoms with Gasteiger partial charge < -0.3 is 24.6 Å². The lowest BCUT2D eigenvalue weighted by Gasteiger charge is -2.39. The molecule has 3 heterocycles. The minimum atomic E-state index is -1.55. The van der Waals surface area contributed by atoms with Crippen LogP contribution in [0.5, 0.6) is 0 Å². The number of pyridine rings is 1. The Kier molecular flexibility index (Phi) is 8.22. The van der Waals surface area contributed by atoms with Gasteiger partial charge in [0, 0.05) is 27.1 Å². The zero-order chi connectivity index (χ0) is 26.7. The van der Waals surface area contributed by atoms with Crippen LogP contribution in [-0.2, 0) is 11.5 Å². The lowest BCUT2D eigenvalue weighted by atomic mass is 9.98. The van der Waals surface area contributed by atoms with Crippen LogP contribution in [0.2, 0.25) is 25.7 Å². The number of hydrogen-bond acceptors (Lipinski definition) is 7. The van der Waals surface area contributed by atoms with Crippen LogP contribution in [0, 0.1) is 17.3 Å². The molecule has 9 nitrogen and oxygen atoms in total. The van der Waals surface area contributed by atoms with E-state index in [0.29, 0.717) is 48.2 Å². The molecule has 4 N–H and O–H groups in total. The van der Waals surface area contributed by atoms with E-state index < -0.39 is 20.3 Å². The van der Waals surface area contributed by atoms with Crippen LogP contribution in [0.4, 0.5) is 5.82 Å². The summed E-state index contributed by atoms with van der Waals surface area (Å²) >= 11 is 0. The lowest BCUT2D eigenvalue weighted by molar-refractivity contribution is 0.0518. The van der Waals surface area contributed by atoms with Gasteiger partial charge in [0.1, 0.15) is 29.4 Å². The van der Waals surface area contributed by atoms with Gasteiger partial charge >= 0.3 is 0 Å². The van der Waals surface area contributed by atoms with Gasteiger partial charge in [-0.05, 0) is 44.9 Å². The molecule has 0 saturated carbocycles. The van der Waals surface area contributed by atoms with Crippen LogP contribution >= 0.6 is 0 Å². The number of nitrogens with one attached hydrogen (secondary N) is 1. The molecule has 0 amide bonds. The van der Waals surface area contributed by atoms with Crippen molar-refractivity contribution >= 4 is 31.1 Å². The van der Waals surface area contributed by atoms with Crippen molar-refractivity contribution in [2.75, 3.05) is 26.3 Å². The molecule has 0 unspecified atom stereocenters. The number of aliphatic hydroxyl groups is 3. The molecule has 194 valence electrons. The summed E-state index contributed by atoms with van der Waals surface area (Å²) in [4.78, 5) is 9.18. The number of likely N-dealkylation sites (N-methyl/N-ethyl adjacent to an activating group) is 1. The highest BCUT2D eigenvalue weighted by atomic mass is 28.3.